The predicted octanol–water partition coefficient (Wildman–Crippen LogP) is 3.72. The third kappa shape index (κ3) is 3.01. The SMILES string of the molecule is CCC(c1ccccc1)C(Cc1cn2ccsc2n1)NC. The lowest BCUT2D eigenvalue weighted by Gasteiger charge is -2.26. The summed E-state index contributed by atoms with van der Waals surface area (Å²) in [4.78, 5) is 5.79. The summed E-state index contributed by atoms with van der Waals surface area (Å²) < 4.78 is 2.11. The minimum atomic E-state index is 0.405. The standard InChI is InChI=1S/C17H21N3S/c1-3-15(13-7-5-4-6-8-13)16(18-2)11-14-12-20-9-10-21-17(20)19-14/h4-10,12,15-16,18H,3,11H2,1-2H3. The van der Waals surface area contributed by atoms with E-state index in [2.05, 4.69) is 71.8 Å². The number of imidazole rings is 1. The zero-order chi connectivity index (χ0) is 14.7. The second kappa shape index (κ2) is 6.41. The first-order chi connectivity index (χ1) is 10.3. The normalized spacial score (nSPS) is 14.4. The van der Waals surface area contributed by atoms with Gasteiger partial charge < -0.3 is 5.32 Å². The molecule has 4 heteroatoms. The van der Waals surface area contributed by atoms with E-state index in [0.717, 1.165) is 23.5 Å². The highest BCUT2D eigenvalue weighted by Gasteiger charge is 2.21. The number of benzene rings is 1. The summed E-state index contributed by atoms with van der Waals surface area (Å²) in [7, 11) is 2.05. The zero-order valence-electron chi connectivity index (χ0n) is 12.5. The van der Waals surface area contributed by atoms with E-state index in [-0.39, 0.29) is 0 Å². The molecule has 0 saturated heterocycles. The summed E-state index contributed by atoms with van der Waals surface area (Å²) in [6.45, 7) is 2.26. The first-order valence-corrected chi connectivity index (χ1v) is 8.33. The van der Waals surface area contributed by atoms with E-state index in [4.69, 9.17) is 4.98 Å². The molecule has 3 nitrogen and oxygen atoms in total. The Bertz CT molecular complexity index is 658. The summed E-state index contributed by atoms with van der Waals surface area (Å²) in [6, 6.07) is 11.2. The summed E-state index contributed by atoms with van der Waals surface area (Å²) in [5.41, 5.74) is 2.57. The molecule has 3 rings (SSSR count). The fraction of sp³-hybridized carbons (Fsp3) is 0.353. The Morgan fingerprint density at radius 2 is 2.10 bits per heavy atom. The van der Waals surface area contributed by atoms with Gasteiger partial charge in [0.15, 0.2) is 4.96 Å². The maximum Gasteiger partial charge on any atom is 0.193 e. The highest BCUT2D eigenvalue weighted by Crippen LogP contribution is 2.25. The molecule has 0 aliphatic carbocycles. The molecule has 0 aliphatic rings. The highest BCUT2D eigenvalue weighted by atomic mass is 32.1. The molecule has 2 aromatic heterocycles. The van der Waals surface area contributed by atoms with E-state index in [0.29, 0.717) is 12.0 Å². The van der Waals surface area contributed by atoms with Gasteiger partial charge in [0, 0.05) is 30.2 Å². The maximum atomic E-state index is 4.71. The molecule has 0 aliphatic heterocycles. The van der Waals surface area contributed by atoms with Crippen LogP contribution < -0.4 is 5.32 Å². The van der Waals surface area contributed by atoms with Crippen molar-refractivity contribution in [3.05, 3.63) is 59.4 Å². The van der Waals surface area contributed by atoms with Crippen LogP contribution in [0.1, 0.15) is 30.5 Å². The van der Waals surface area contributed by atoms with E-state index in [1.807, 2.05) is 0 Å². The van der Waals surface area contributed by atoms with Crippen molar-refractivity contribution in [3.63, 3.8) is 0 Å². The van der Waals surface area contributed by atoms with Crippen LogP contribution in [0.5, 0.6) is 0 Å². The Morgan fingerprint density at radius 3 is 2.76 bits per heavy atom. The molecule has 1 aromatic carbocycles. The molecule has 0 saturated carbocycles. The first kappa shape index (κ1) is 14.3. The number of rotatable bonds is 6. The second-order valence-corrected chi connectivity index (χ2v) is 6.22. The van der Waals surface area contributed by atoms with Gasteiger partial charge in [0.25, 0.3) is 0 Å². The van der Waals surface area contributed by atoms with Crippen LogP contribution in [0.25, 0.3) is 4.96 Å². The lowest BCUT2D eigenvalue weighted by Crippen LogP contribution is -2.34. The van der Waals surface area contributed by atoms with Crippen LogP contribution in [-0.2, 0) is 6.42 Å². The van der Waals surface area contributed by atoms with Gasteiger partial charge in [-0.05, 0) is 24.9 Å². The van der Waals surface area contributed by atoms with Gasteiger partial charge in [-0.3, -0.25) is 4.40 Å². The molecule has 1 N–H and O–H groups in total. The second-order valence-electron chi connectivity index (χ2n) is 5.35. The van der Waals surface area contributed by atoms with Crippen molar-refractivity contribution in [2.75, 3.05) is 7.05 Å². The van der Waals surface area contributed by atoms with Crippen molar-refractivity contribution in [3.8, 4) is 0 Å². The lowest BCUT2D eigenvalue weighted by molar-refractivity contribution is 0.445. The smallest absolute Gasteiger partial charge is 0.193 e. The summed E-state index contributed by atoms with van der Waals surface area (Å²) in [5.74, 6) is 0.510. The van der Waals surface area contributed by atoms with E-state index >= 15 is 0 Å². The molecule has 2 heterocycles. The van der Waals surface area contributed by atoms with E-state index < -0.39 is 0 Å². The Labute approximate surface area is 129 Å². The Morgan fingerprint density at radius 1 is 1.29 bits per heavy atom. The number of likely N-dealkylation sites (N-methyl/N-ethyl adjacent to an activating group) is 1. The van der Waals surface area contributed by atoms with Gasteiger partial charge in [0.05, 0.1) is 5.69 Å². The molecule has 110 valence electrons. The molecule has 0 spiro atoms. The van der Waals surface area contributed by atoms with Gasteiger partial charge in [0.2, 0.25) is 0 Å². The first-order valence-electron chi connectivity index (χ1n) is 7.45. The van der Waals surface area contributed by atoms with Crippen LogP contribution in [-0.4, -0.2) is 22.5 Å². The van der Waals surface area contributed by atoms with Gasteiger partial charge in [-0.1, -0.05) is 37.3 Å². The average molecular weight is 299 g/mol. The summed E-state index contributed by atoms with van der Waals surface area (Å²) in [6.07, 6.45) is 6.29. The van der Waals surface area contributed by atoms with Crippen molar-refractivity contribution in [1.82, 2.24) is 14.7 Å². The molecular weight excluding hydrogens is 278 g/mol. The van der Waals surface area contributed by atoms with Crippen LogP contribution in [0.4, 0.5) is 0 Å². The minimum absolute atomic E-state index is 0.405. The quantitative estimate of drug-likeness (QED) is 0.751. The number of aromatic nitrogens is 2. The van der Waals surface area contributed by atoms with E-state index in [1.165, 1.54) is 5.56 Å². The largest absolute Gasteiger partial charge is 0.316 e. The van der Waals surface area contributed by atoms with E-state index in [9.17, 15) is 0 Å². The lowest BCUT2D eigenvalue weighted by atomic mass is 9.87. The molecule has 0 bridgehead atoms. The monoisotopic (exact) mass is 299 g/mol. The third-order valence-corrected chi connectivity index (χ3v) is 4.87. The maximum absolute atomic E-state index is 4.71. The molecule has 0 radical (unpaired) electrons. The third-order valence-electron chi connectivity index (χ3n) is 4.10. The van der Waals surface area contributed by atoms with Crippen molar-refractivity contribution in [2.45, 2.75) is 31.7 Å². The Balaban J connectivity index is 1.81. The van der Waals surface area contributed by atoms with Crippen LogP contribution in [0.3, 0.4) is 0 Å². The number of fused-ring (bicyclic) bond motifs is 1. The van der Waals surface area contributed by atoms with Gasteiger partial charge in [-0.25, -0.2) is 4.98 Å². The fourth-order valence-corrected chi connectivity index (χ4v) is 3.72. The van der Waals surface area contributed by atoms with E-state index in [1.54, 1.807) is 11.3 Å². The van der Waals surface area contributed by atoms with Gasteiger partial charge in [-0.15, -0.1) is 11.3 Å². The predicted molar refractivity (Wildman–Crippen MR) is 89.1 cm³/mol. The van der Waals surface area contributed by atoms with Crippen molar-refractivity contribution >= 4 is 16.3 Å². The molecule has 2 atom stereocenters. The van der Waals surface area contributed by atoms with Crippen molar-refractivity contribution < 1.29 is 0 Å². The zero-order valence-corrected chi connectivity index (χ0v) is 13.3. The Hall–Kier alpha value is -1.65. The number of thiazole rings is 1. The number of nitrogens with one attached hydrogen (secondary N) is 1. The van der Waals surface area contributed by atoms with Crippen LogP contribution in [0, 0.1) is 0 Å². The van der Waals surface area contributed by atoms with Gasteiger partial charge in [0.1, 0.15) is 0 Å². The van der Waals surface area contributed by atoms with Crippen molar-refractivity contribution in [2.24, 2.45) is 0 Å². The highest BCUT2D eigenvalue weighted by molar-refractivity contribution is 7.15. The number of hydrogen-bond acceptors (Lipinski definition) is 3. The molecule has 3 aromatic rings. The van der Waals surface area contributed by atoms with Crippen LogP contribution >= 0.6 is 11.3 Å². The molecule has 0 amide bonds. The van der Waals surface area contributed by atoms with Crippen molar-refractivity contribution in [1.29, 1.82) is 0 Å². The molecule has 21 heavy (non-hydrogen) atoms. The molecular formula is C17H21N3S. The molecule has 2 unspecified atom stereocenters. The fourth-order valence-electron chi connectivity index (χ4n) is 3.00. The summed E-state index contributed by atoms with van der Waals surface area (Å²) in [5, 5.41) is 5.56. The van der Waals surface area contributed by atoms with Gasteiger partial charge in [-0.2, -0.15) is 0 Å². The number of hydrogen-bond donors (Lipinski definition) is 1. The number of nitrogens with zero attached hydrogens (tertiary/aromatic N) is 2. The van der Waals surface area contributed by atoms with Crippen LogP contribution in [0.15, 0.2) is 48.1 Å². The average Bonchev–Trinajstić information content (AvgIpc) is 3.09. The summed E-state index contributed by atoms with van der Waals surface area (Å²) >= 11 is 1.68. The van der Waals surface area contributed by atoms with Gasteiger partial charge >= 0.3 is 0 Å². The minimum Gasteiger partial charge on any atom is -0.316 e. The Kier molecular flexibility index (Phi) is 4.36. The topological polar surface area (TPSA) is 29.3 Å². The molecule has 0 fully saturated rings. The van der Waals surface area contributed by atoms with Crippen LogP contribution in [0.2, 0.25) is 0 Å².